The number of halogens is 1. The van der Waals surface area contributed by atoms with Crippen LogP contribution in [0.15, 0.2) is 18.2 Å². The first-order valence-electron chi connectivity index (χ1n) is 5.52. The van der Waals surface area contributed by atoms with Gasteiger partial charge in [0.05, 0.1) is 11.0 Å². The second-order valence-corrected chi connectivity index (χ2v) is 6.99. The Labute approximate surface area is 124 Å². The number of nitrogens with one attached hydrogen (secondary N) is 1. The molecular weight excluding hydrogens is 363 g/mol. The summed E-state index contributed by atoms with van der Waals surface area (Å²) in [5.74, 6) is 0. The number of aryl methyl sites for hydroxylation is 1. The van der Waals surface area contributed by atoms with Gasteiger partial charge in [0.1, 0.15) is 0 Å². The molecule has 1 aromatic carbocycles. The first-order chi connectivity index (χ1) is 8.11. The molecule has 0 radical (unpaired) electrons. The zero-order valence-corrected chi connectivity index (χ0v) is 13.7. The number of nitrogens with zero attached hydrogens (tertiary/aromatic N) is 1. The molecule has 0 fully saturated rings. The third kappa shape index (κ3) is 3.06. The van der Waals surface area contributed by atoms with Gasteiger partial charge in [-0.05, 0) is 65.7 Å². The van der Waals surface area contributed by atoms with Gasteiger partial charge in [0.25, 0.3) is 0 Å². The van der Waals surface area contributed by atoms with Crippen molar-refractivity contribution in [2.75, 3.05) is 6.26 Å². The molecule has 5 heteroatoms. The minimum atomic E-state index is 0.672. The molecule has 92 valence electrons. The van der Waals surface area contributed by atoms with Crippen LogP contribution in [0, 0.1) is 8.34 Å². The van der Waals surface area contributed by atoms with Crippen molar-refractivity contribution in [1.82, 2.24) is 9.55 Å². The zero-order valence-electron chi connectivity index (χ0n) is 9.87. The fraction of sp³-hybridized carbons (Fsp3) is 0.417. The Kier molecular flexibility index (Phi) is 4.54. The highest BCUT2D eigenvalue weighted by atomic mass is 127. The summed E-state index contributed by atoms with van der Waals surface area (Å²) < 4.78 is 4.26. The lowest BCUT2D eigenvalue weighted by Crippen LogP contribution is -2.04. The van der Waals surface area contributed by atoms with E-state index >= 15 is 0 Å². The first kappa shape index (κ1) is 13.4. The van der Waals surface area contributed by atoms with Gasteiger partial charge >= 0.3 is 0 Å². The van der Waals surface area contributed by atoms with Crippen LogP contribution in [0.3, 0.4) is 0 Å². The summed E-state index contributed by atoms with van der Waals surface area (Å²) in [7, 11) is 0. The van der Waals surface area contributed by atoms with Crippen molar-refractivity contribution >= 4 is 57.6 Å². The number of H-pyrrole nitrogens is 1. The first-order valence-corrected chi connectivity index (χ1v) is 8.30. The summed E-state index contributed by atoms with van der Waals surface area (Å²) in [5, 5.41) is 0.672. The molecule has 17 heavy (non-hydrogen) atoms. The van der Waals surface area contributed by atoms with Crippen LogP contribution in [0.1, 0.15) is 13.3 Å². The van der Waals surface area contributed by atoms with Crippen LogP contribution in [-0.2, 0) is 6.54 Å². The highest BCUT2D eigenvalue weighted by Gasteiger charge is 2.06. The molecule has 1 unspecified atom stereocenters. The monoisotopic (exact) mass is 378 g/mol. The number of aromatic amines is 1. The molecule has 1 aromatic heterocycles. The summed E-state index contributed by atoms with van der Waals surface area (Å²) >= 11 is 9.60. The Morgan fingerprint density at radius 3 is 3.00 bits per heavy atom. The standard InChI is InChI=1S/C12H15IN2S2/c1-8(17-2)5-6-15-11-4-3-9(13)7-10(11)14-12(15)16/h3-4,7-8H,5-6H2,1-2H3,(H,14,16). The third-order valence-corrected chi connectivity index (χ3v) is 4.93. The van der Waals surface area contributed by atoms with Gasteiger partial charge in [0.15, 0.2) is 4.77 Å². The average molecular weight is 378 g/mol. The van der Waals surface area contributed by atoms with Gasteiger partial charge in [0.2, 0.25) is 0 Å². The molecule has 0 saturated heterocycles. The molecule has 1 atom stereocenters. The molecule has 0 aliphatic carbocycles. The topological polar surface area (TPSA) is 20.7 Å². The highest BCUT2D eigenvalue weighted by molar-refractivity contribution is 14.1. The molecule has 0 spiro atoms. The minimum absolute atomic E-state index is 0.672. The maximum atomic E-state index is 5.38. The van der Waals surface area contributed by atoms with Crippen molar-refractivity contribution in [3.05, 3.63) is 26.5 Å². The van der Waals surface area contributed by atoms with Gasteiger partial charge in [-0.15, -0.1) is 0 Å². The second-order valence-electron chi connectivity index (χ2n) is 4.08. The van der Waals surface area contributed by atoms with Crippen LogP contribution in [0.4, 0.5) is 0 Å². The molecule has 2 rings (SSSR count). The molecule has 0 aliphatic rings. The number of benzene rings is 1. The van der Waals surface area contributed by atoms with Crippen molar-refractivity contribution < 1.29 is 0 Å². The highest BCUT2D eigenvalue weighted by Crippen LogP contribution is 2.19. The van der Waals surface area contributed by atoms with E-state index in [4.69, 9.17) is 12.2 Å². The lowest BCUT2D eigenvalue weighted by molar-refractivity contribution is 0.648. The number of thioether (sulfide) groups is 1. The van der Waals surface area contributed by atoms with Gasteiger partial charge in [0, 0.05) is 15.4 Å². The quantitative estimate of drug-likeness (QED) is 0.627. The molecule has 1 N–H and O–H groups in total. The smallest absolute Gasteiger partial charge is 0.178 e. The number of hydrogen-bond donors (Lipinski definition) is 1. The van der Waals surface area contributed by atoms with Crippen LogP contribution in [0.2, 0.25) is 0 Å². The molecule has 0 saturated carbocycles. The fourth-order valence-corrected chi connectivity index (χ4v) is 2.92. The van der Waals surface area contributed by atoms with Gasteiger partial charge in [-0.1, -0.05) is 6.92 Å². The predicted octanol–water partition coefficient (Wildman–Crippen LogP) is 4.45. The summed E-state index contributed by atoms with van der Waals surface area (Å²) in [5.41, 5.74) is 2.35. The number of imidazole rings is 1. The van der Waals surface area contributed by atoms with Crippen LogP contribution < -0.4 is 0 Å². The van der Waals surface area contributed by atoms with E-state index in [2.05, 4.69) is 63.5 Å². The molecule has 2 aromatic rings. The third-order valence-electron chi connectivity index (χ3n) is 2.90. The Balaban J connectivity index is 2.33. The summed E-state index contributed by atoms with van der Waals surface area (Å²) in [6, 6.07) is 6.41. The summed E-state index contributed by atoms with van der Waals surface area (Å²) in [6.45, 7) is 3.24. The Morgan fingerprint density at radius 2 is 2.29 bits per heavy atom. The minimum Gasteiger partial charge on any atom is -0.331 e. The molecule has 1 heterocycles. The maximum absolute atomic E-state index is 5.38. The van der Waals surface area contributed by atoms with E-state index in [1.54, 1.807) is 0 Å². The summed E-state index contributed by atoms with van der Waals surface area (Å²) in [6.07, 6.45) is 3.30. The van der Waals surface area contributed by atoms with Crippen molar-refractivity contribution in [3.8, 4) is 0 Å². The predicted molar refractivity (Wildman–Crippen MR) is 87.4 cm³/mol. The van der Waals surface area contributed by atoms with E-state index in [0.717, 1.165) is 23.3 Å². The number of rotatable bonds is 4. The van der Waals surface area contributed by atoms with E-state index in [9.17, 15) is 0 Å². The lowest BCUT2D eigenvalue weighted by Gasteiger charge is -2.09. The Bertz CT molecular complexity index is 573. The molecule has 0 aliphatic heterocycles. The average Bonchev–Trinajstić information content (AvgIpc) is 2.61. The van der Waals surface area contributed by atoms with Crippen LogP contribution >= 0.6 is 46.6 Å². The van der Waals surface area contributed by atoms with E-state index in [-0.39, 0.29) is 0 Å². The van der Waals surface area contributed by atoms with E-state index in [1.165, 1.54) is 9.09 Å². The van der Waals surface area contributed by atoms with Crippen LogP contribution in [0.25, 0.3) is 11.0 Å². The maximum Gasteiger partial charge on any atom is 0.178 e. The van der Waals surface area contributed by atoms with Gasteiger partial charge in [-0.3, -0.25) is 0 Å². The number of aromatic nitrogens is 2. The van der Waals surface area contributed by atoms with Crippen LogP contribution in [-0.4, -0.2) is 21.1 Å². The Hall–Kier alpha value is -0.0100. The second kappa shape index (κ2) is 5.75. The van der Waals surface area contributed by atoms with Crippen molar-refractivity contribution in [1.29, 1.82) is 0 Å². The number of fused-ring (bicyclic) bond motifs is 1. The van der Waals surface area contributed by atoms with Crippen molar-refractivity contribution in [2.45, 2.75) is 25.1 Å². The molecule has 0 amide bonds. The van der Waals surface area contributed by atoms with Crippen LogP contribution in [0.5, 0.6) is 0 Å². The van der Waals surface area contributed by atoms with Crippen molar-refractivity contribution in [3.63, 3.8) is 0 Å². The van der Waals surface area contributed by atoms with Gasteiger partial charge < -0.3 is 9.55 Å². The lowest BCUT2D eigenvalue weighted by atomic mass is 10.3. The Morgan fingerprint density at radius 1 is 1.53 bits per heavy atom. The fourth-order valence-electron chi connectivity index (χ4n) is 1.79. The molecule has 0 bridgehead atoms. The molecule has 2 nitrogen and oxygen atoms in total. The largest absolute Gasteiger partial charge is 0.331 e. The zero-order chi connectivity index (χ0) is 12.4. The number of hydrogen-bond acceptors (Lipinski definition) is 2. The van der Waals surface area contributed by atoms with E-state index in [1.807, 2.05) is 11.8 Å². The van der Waals surface area contributed by atoms with Crippen molar-refractivity contribution in [2.24, 2.45) is 0 Å². The molecular formula is C12H15IN2S2. The SMILES string of the molecule is CSC(C)CCn1c(=S)[nH]c2cc(I)ccc21. The van der Waals surface area contributed by atoms with E-state index < -0.39 is 0 Å². The van der Waals surface area contributed by atoms with E-state index in [0.29, 0.717) is 5.25 Å². The normalized spacial score (nSPS) is 13.1. The van der Waals surface area contributed by atoms with Gasteiger partial charge in [-0.25, -0.2) is 0 Å². The van der Waals surface area contributed by atoms with Gasteiger partial charge in [-0.2, -0.15) is 11.8 Å². The summed E-state index contributed by atoms with van der Waals surface area (Å²) in [4.78, 5) is 3.28.